The van der Waals surface area contributed by atoms with Gasteiger partial charge in [-0.05, 0) is 54.8 Å². The highest BCUT2D eigenvalue weighted by Gasteiger charge is 2.29. The number of ether oxygens (including phenoxy) is 1. The first-order valence-corrected chi connectivity index (χ1v) is 12.2. The van der Waals surface area contributed by atoms with Crippen molar-refractivity contribution in [3.05, 3.63) is 90.5 Å². The molecule has 3 aromatic carbocycles. The van der Waals surface area contributed by atoms with Crippen molar-refractivity contribution in [1.29, 1.82) is 0 Å². The van der Waals surface area contributed by atoms with Crippen molar-refractivity contribution in [3.8, 4) is 0 Å². The average Bonchev–Trinajstić information content (AvgIpc) is 2.74. The zero-order valence-corrected chi connectivity index (χ0v) is 19.9. The highest BCUT2D eigenvalue weighted by molar-refractivity contribution is 14.1. The summed E-state index contributed by atoms with van der Waals surface area (Å²) in [5, 5.41) is 0. The van der Waals surface area contributed by atoms with Crippen molar-refractivity contribution in [1.82, 2.24) is 0 Å². The van der Waals surface area contributed by atoms with Crippen LogP contribution in [0.5, 0.6) is 0 Å². The molecule has 29 heavy (non-hydrogen) atoms. The molecule has 0 aliphatic heterocycles. The Morgan fingerprint density at radius 1 is 0.759 bits per heavy atom. The van der Waals surface area contributed by atoms with Crippen molar-refractivity contribution < 1.29 is 9.53 Å². The highest BCUT2D eigenvalue weighted by Crippen LogP contribution is 2.33. The smallest absolute Gasteiger partial charge is 0.319 e. The SMILES string of the molecule is CC(I)C(=O)OC(c1ccc([S+](c2ccccc2)c2ccccc2)cc1)C(C)C. The van der Waals surface area contributed by atoms with E-state index < -0.39 is 0 Å². The van der Waals surface area contributed by atoms with Gasteiger partial charge in [-0.25, -0.2) is 0 Å². The van der Waals surface area contributed by atoms with Crippen LogP contribution in [0.1, 0.15) is 32.4 Å². The highest BCUT2D eigenvalue weighted by atomic mass is 127. The summed E-state index contributed by atoms with van der Waals surface area (Å²) < 4.78 is 5.63. The third-order valence-corrected chi connectivity index (χ3v) is 7.31. The van der Waals surface area contributed by atoms with Crippen LogP contribution in [0.15, 0.2) is 99.6 Å². The molecule has 0 fully saturated rings. The largest absolute Gasteiger partial charge is 0.456 e. The van der Waals surface area contributed by atoms with Crippen LogP contribution in [0, 0.1) is 5.92 Å². The minimum Gasteiger partial charge on any atom is -0.456 e. The average molecular weight is 517 g/mol. The van der Waals surface area contributed by atoms with E-state index in [1.165, 1.54) is 14.7 Å². The molecule has 2 atom stereocenters. The van der Waals surface area contributed by atoms with Gasteiger partial charge in [-0.1, -0.05) is 85.0 Å². The third kappa shape index (κ3) is 5.64. The van der Waals surface area contributed by atoms with Gasteiger partial charge in [0.25, 0.3) is 0 Å². The second-order valence-corrected chi connectivity index (χ2v) is 11.1. The molecule has 0 bridgehead atoms. The van der Waals surface area contributed by atoms with Crippen molar-refractivity contribution in [2.24, 2.45) is 5.92 Å². The fourth-order valence-corrected chi connectivity index (χ4v) is 5.35. The number of carbonyl (C=O) groups is 1. The number of benzene rings is 3. The lowest BCUT2D eigenvalue weighted by atomic mass is 9.99. The molecule has 0 saturated carbocycles. The van der Waals surface area contributed by atoms with E-state index >= 15 is 0 Å². The Labute approximate surface area is 190 Å². The van der Waals surface area contributed by atoms with E-state index in [2.05, 4.69) is 121 Å². The number of hydrogen-bond donors (Lipinski definition) is 0. The van der Waals surface area contributed by atoms with Gasteiger partial charge < -0.3 is 4.74 Å². The Morgan fingerprint density at radius 2 is 1.21 bits per heavy atom. The Morgan fingerprint density at radius 3 is 1.62 bits per heavy atom. The maximum atomic E-state index is 12.1. The first kappa shape index (κ1) is 21.9. The summed E-state index contributed by atoms with van der Waals surface area (Å²) in [6.45, 7) is 6.03. The van der Waals surface area contributed by atoms with Gasteiger partial charge in [0, 0.05) is 0 Å². The fraction of sp³-hybridized carbons (Fsp3) is 0.240. The lowest BCUT2D eigenvalue weighted by Crippen LogP contribution is -2.21. The molecule has 0 aliphatic rings. The van der Waals surface area contributed by atoms with Crippen LogP contribution in [0.2, 0.25) is 0 Å². The van der Waals surface area contributed by atoms with E-state index in [9.17, 15) is 4.79 Å². The predicted molar refractivity (Wildman–Crippen MR) is 129 cm³/mol. The summed E-state index contributed by atoms with van der Waals surface area (Å²) in [5.41, 5.74) is 1.04. The van der Waals surface area contributed by atoms with E-state index in [0.29, 0.717) is 0 Å². The molecule has 0 heterocycles. The Bertz CT molecular complexity index is 869. The molecule has 0 aliphatic carbocycles. The Balaban J connectivity index is 1.94. The van der Waals surface area contributed by atoms with Crippen molar-refractivity contribution in [2.75, 3.05) is 0 Å². The molecule has 0 amide bonds. The van der Waals surface area contributed by atoms with E-state index in [4.69, 9.17) is 4.74 Å². The minimum absolute atomic E-state index is 0.157. The van der Waals surface area contributed by atoms with Gasteiger partial charge >= 0.3 is 5.97 Å². The minimum atomic E-state index is -0.232. The predicted octanol–water partition coefficient (Wildman–Crippen LogP) is 6.85. The number of carbonyl (C=O) groups excluding carboxylic acids is 1. The van der Waals surface area contributed by atoms with Gasteiger partial charge in [-0.3, -0.25) is 4.79 Å². The number of esters is 1. The molecule has 0 spiro atoms. The fourth-order valence-electron chi connectivity index (χ4n) is 3.12. The topological polar surface area (TPSA) is 26.3 Å². The summed E-state index contributed by atoms with van der Waals surface area (Å²) in [6.07, 6.45) is -0.232. The van der Waals surface area contributed by atoms with Gasteiger partial charge in [-0.15, -0.1) is 0 Å². The van der Waals surface area contributed by atoms with Crippen LogP contribution in [-0.2, 0) is 20.4 Å². The molecule has 3 aromatic rings. The van der Waals surface area contributed by atoms with Crippen LogP contribution in [0.25, 0.3) is 0 Å². The van der Waals surface area contributed by atoms with Crippen LogP contribution in [0.3, 0.4) is 0 Å². The zero-order chi connectivity index (χ0) is 20.8. The van der Waals surface area contributed by atoms with E-state index in [1.807, 2.05) is 6.92 Å². The van der Waals surface area contributed by atoms with Crippen LogP contribution >= 0.6 is 22.6 Å². The summed E-state index contributed by atoms with van der Waals surface area (Å²) in [4.78, 5) is 16.0. The van der Waals surface area contributed by atoms with Crippen molar-refractivity contribution in [3.63, 3.8) is 0 Å². The van der Waals surface area contributed by atoms with Crippen LogP contribution < -0.4 is 0 Å². The first-order chi connectivity index (χ1) is 14.0. The number of rotatable bonds is 7. The molecule has 2 unspecified atom stereocenters. The summed E-state index contributed by atoms with van der Waals surface area (Å²) in [7, 11) is -0.174. The maximum absolute atomic E-state index is 12.1. The summed E-state index contributed by atoms with van der Waals surface area (Å²) in [5.74, 6) is 0.0446. The standard InChI is InChI=1S/C25H26IO2S/c1-18(2)24(28-25(27)19(3)26)20-14-16-23(17-15-20)29(21-10-6-4-7-11-21)22-12-8-5-9-13-22/h4-19,24H,1-3H3/q+1. The van der Waals surface area contributed by atoms with Gasteiger partial charge in [0.05, 0.1) is 10.9 Å². The lowest BCUT2D eigenvalue weighted by Gasteiger charge is -2.22. The monoisotopic (exact) mass is 517 g/mol. The van der Waals surface area contributed by atoms with Crippen LogP contribution in [0.4, 0.5) is 0 Å². The molecule has 4 heteroatoms. The lowest BCUT2D eigenvalue weighted by molar-refractivity contribution is -0.150. The van der Waals surface area contributed by atoms with E-state index in [1.54, 1.807) is 0 Å². The molecule has 0 saturated heterocycles. The molecular formula is C25H26IO2S+. The number of halogens is 1. The zero-order valence-electron chi connectivity index (χ0n) is 16.9. The second kappa shape index (κ2) is 10.3. The van der Waals surface area contributed by atoms with Gasteiger partial charge in [0.2, 0.25) is 0 Å². The number of hydrogen-bond acceptors (Lipinski definition) is 2. The Hall–Kier alpha value is -1.79. The summed E-state index contributed by atoms with van der Waals surface area (Å²) in [6, 6.07) is 29.8. The van der Waals surface area contributed by atoms with E-state index in [-0.39, 0.29) is 32.8 Å². The van der Waals surface area contributed by atoms with Gasteiger partial charge in [-0.2, -0.15) is 0 Å². The van der Waals surface area contributed by atoms with Crippen molar-refractivity contribution >= 4 is 39.5 Å². The van der Waals surface area contributed by atoms with E-state index in [0.717, 1.165) is 5.56 Å². The molecule has 0 aromatic heterocycles. The molecule has 2 nitrogen and oxygen atoms in total. The summed E-state index contributed by atoms with van der Waals surface area (Å²) >= 11 is 2.10. The second-order valence-electron chi connectivity index (χ2n) is 7.22. The van der Waals surface area contributed by atoms with Crippen LogP contribution in [-0.4, -0.2) is 9.89 Å². The molecule has 3 rings (SSSR count). The molecule has 0 radical (unpaired) electrons. The quantitative estimate of drug-likeness (QED) is 0.148. The third-order valence-electron chi connectivity index (χ3n) is 4.58. The first-order valence-electron chi connectivity index (χ1n) is 9.76. The maximum Gasteiger partial charge on any atom is 0.319 e. The van der Waals surface area contributed by atoms with Crippen molar-refractivity contribution in [2.45, 2.75) is 45.5 Å². The normalized spacial score (nSPS) is 13.3. The van der Waals surface area contributed by atoms with Gasteiger partial charge in [0.1, 0.15) is 10.0 Å². The number of alkyl halides is 1. The molecular weight excluding hydrogens is 491 g/mol. The van der Waals surface area contributed by atoms with Gasteiger partial charge in [0.15, 0.2) is 14.7 Å². The molecule has 0 N–H and O–H groups in total. The molecule has 150 valence electrons. The Kier molecular flexibility index (Phi) is 7.78.